The molecule has 0 aliphatic heterocycles. The van der Waals surface area contributed by atoms with Crippen molar-refractivity contribution in [1.29, 1.82) is 0 Å². The molecule has 0 aromatic rings. The molecule has 0 aliphatic carbocycles. The molecular formula is C59H103NO19S. The molecule has 0 unspecified atom stereocenters. The second-order valence-electron chi connectivity index (χ2n) is 18.7. The van der Waals surface area contributed by atoms with Gasteiger partial charge in [0.15, 0.2) is 0 Å². The van der Waals surface area contributed by atoms with E-state index >= 15 is 0 Å². The summed E-state index contributed by atoms with van der Waals surface area (Å²) in [5.41, 5.74) is -0.0277. The van der Waals surface area contributed by atoms with Gasteiger partial charge in [-0.05, 0) is 65.9 Å². The van der Waals surface area contributed by atoms with Crippen LogP contribution in [0.15, 0.2) is 74.9 Å². The standard InChI is InChI=1S/C20H38O2.C12H22O2.C9H14O4.C7H13NO4S.C6H8O4.C5H8O3/c1-4-5-6-7-8-9-10-11-12-13-14-15-16-17-18-22-20(21)19(2)3;1-4-5-6-7-8-9-10-14-12(13)11(2)3;1-2-9(12)13-7-5-3-4-6-8(10)11;1-4-6(9)8-7(2,3)5-13(10,11)12;1-2-6(9)10-4-3-5(7)8;1-2-5(7)8-4-3-6/h2,4-18H2,1,3H3;2,4-10H2,1,3H3;2H,1,3-7H2,(H,10,11);4H,1,5H2,2-3H3,(H,8,9)(H,10,11,12);2H,1,3-4H2,(H,7,8);2,6H,1,3-4H2. The Balaban J connectivity index is -0.000000211. The third-order valence-electron chi connectivity index (χ3n) is 10.0. The van der Waals surface area contributed by atoms with Gasteiger partial charge in [-0.3, -0.25) is 18.9 Å². The zero-order valence-corrected chi connectivity index (χ0v) is 50.3. The Kier molecular flexibility index (Phi) is 66.4. The minimum absolute atomic E-state index is 0.0465. The van der Waals surface area contributed by atoms with Crippen LogP contribution in [0.25, 0.3) is 0 Å². The van der Waals surface area contributed by atoms with Crippen molar-refractivity contribution >= 4 is 57.8 Å². The van der Waals surface area contributed by atoms with Gasteiger partial charge in [0.05, 0.1) is 44.1 Å². The van der Waals surface area contributed by atoms with Crippen LogP contribution in [0.1, 0.15) is 202 Å². The number of amides is 1. The lowest BCUT2D eigenvalue weighted by Crippen LogP contribution is -2.47. The molecule has 0 spiro atoms. The summed E-state index contributed by atoms with van der Waals surface area (Å²) in [6, 6.07) is 0. The summed E-state index contributed by atoms with van der Waals surface area (Å²) in [4.78, 5) is 83.8. The number of carbonyl (C=O) groups is 8. The minimum Gasteiger partial charge on any atom is -0.481 e. The highest BCUT2D eigenvalue weighted by molar-refractivity contribution is 7.85. The highest BCUT2D eigenvalue weighted by Crippen LogP contribution is 2.13. The number of hydrogen-bond acceptors (Lipinski definition) is 16. The first-order chi connectivity index (χ1) is 37.7. The highest BCUT2D eigenvalue weighted by atomic mass is 32.2. The van der Waals surface area contributed by atoms with Crippen molar-refractivity contribution in [2.45, 2.75) is 208 Å². The summed E-state index contributed by atoms with van der Waals surface area (Å²) < 4.78 is 53.0. The molecule has 0 heterocycles. The van der Waals surface area contributed by atoms with E-state index in [1.165, 1.54) is 123 Å². The van der Waals surface area contributed by atoms with Crippen molar-refractivity contribution < 1.29 is 90.3 Å². The van der Waals surface area contributed by atoms with Crippen molar-refractivity contribution in [2.75, 3.05) is 45.4 Å². The minimum atomic E-state index is -4.08. The molecule has 464 valence electrons. The number of carboxylic acids is 2. The van der Waals surface area contributed by atoms with Crippen LogP contribution in [-0.2, 0) is 72.2 Å². The predicted octanol–water partition coefficient (Wildman–Crippen LogP) is 11.3. The summed E-state index contributed by atoms with van der Waals surface area (Å²) in [6.07, 6.45) is 32.3. The van der Waals surface area contributed by atoms with E-state index in [0.717, 1.165) is 50.0 Å². The number of aliphatic hydroxyl groups is 1. The molecule has 0 bridgehead atoms. The molecule has 5 N–H and O–H groups in total. The fraction of sp³-hybridized carbons (Fsp3) is 0.661. The molecule has 80 heavy (non-hydrogen) atoms. The number of hydrogen-bond donors (Lipinski definition) is 5. The topological polar surface area (TPSA) is 310 Å². The molecule has 0 saturated carbocycles. The molecule has 0 aliphatic rings. The molecular weight excluding hydrogens is 1060 g/mol. The van der Waals surface area contributed by atoms with Gasteiger partial charge in [-0.2, -0.15) is 8.42 Å². The van der Waals surface area contributed by atoms with Gasteiger partial charge in [0.1, 0.15) is 13.2 Å². The number of carboxylic acid groups (broad SMARTS) is 2. The lowest BCUT2D eigenvalue weighted by atomic mass is 10.0. The molecule has 0 radical (unpaired) electrons. The van der Waals surface area contributed by atoms with Crippen molar-refractivity contribution in [3.05, 3.63) is 74.9 Å². The number of esters is 5. The molecule has 0 rings (SSSR count). The van der Waals surface area contributed by atoms with Crippen molar-refractivity contribution in [1.82, 2.24) is 5.32 Å². The van der Waals surface area contributed by atoms with Crippen LogP contribution in [0.3, 0.4) is 0 Å². The fourth-order valence-corrected chi connectivity index (χ4v) is 6.91. The first kappa shape index (κ1) is 85.4. The number of nitrogens with one attached hydrogen (secondary N) is 1. The maximum Gasteiger partial charge on any atom is 0.333 e. The number of carbonyl (C=O) groups excluding carboxylic acids is 6. The van der Waals surface area contributed by atoms with Crippen LogP contribution in [0.4, 0.5) is 0 Å². The third-order valence-corrected chi connectivity index (χ3v) is 11.1. The molecule has 1 amide bonds. The van der Waals surface area contributed by atoms with Gasteiger partial charge >= 0.3 is 41.8 Å². The fourth-order valence-electron chi connectivity index (χ4n) is 5.92. The summed E-state index contributed by atoms with van der Waals surface area (Å²) in [5, 5.41) is 26.8. The van der Waals surface area contributed by atoms with Gasteiger partial charge in [-0.1, -0.05) is 169 Å². The van der Waals surface area contributed by atoms with Gasteiger partial charge in [0, 0.05) is 35.8 Å². The monoisotopic (exact) mass is 1160 g/mol. The van der Waals surface area contributed by atoms with Gasteiger partial charge < -0.3 is 44.3 Å². The number of unbranched alkanes of at least 4 members (excludes halogenated alkanes) is 20. The highest BCUT2D eigenvalue weighted by Gasteiger charge is 2.25. The zero-order valence-electron chi connectivity index (χ0n) is 49.5. The molecule has 0 fully saturated rings. The Hall–Kier alpha value is -5.93. The number of aliphatic hydroxyl groups excluding tert-OH is 1. The maximum atomic E-state index is 11.2. The van der Waals surface area contributed by atoms with Gasteiger partial charge in [0.2, 0.25) is 5.91 Å². The lowest BCUT2D eigenvalue weighted by molar-refractivity contribution is -0.143. The van der Waals surface area contributed by atoms with Crippen molar-refractivity contribution in [3.63, 3.8) is 0 Å². The smallest absolute Gasteiger partial charge is 0.333 e. The summed E-state index contributed by atoms with van der Waals surface area (Å²) in [7, 11) is -4.08. The summed E-state index contributed by atoms with van der Waals surface area (Å²) in [6.45, 7) is 31.9. The molecule has 0 aromatic carbocycles. The Bertz CT molecular complexity index is 1840. The Morgan fingerprint density at radius 3 is 1.05 bits per heavy atom. The van der Waals surface area contributed by atoms with Crippen LogP contribution in [-0.4, -0.2) is 127 Å². The van der Waals surface area contributed by atoms with Gasteiger partial charge in [-0.25, -0.2) is 24.0 Å². The van der Waals surface area contributed by atoms with E-state index in [1.807, 2.05) is 0 Å². The van der Waals surface area contributed by atoms with Crippen molar-refractivity contribution in [2.24, 2.45) is 0 Å². The number of aliphatic carboxylic acids is 2. The molecule has 0 saturated heterocycles. The normalized spacial score (nSPS) is 10.0. The average Bonchev–Trinajstić information content (AvgIpc) is 3.39. The van der Waals surface area contributed by atoms with Gasteiger partial charge in [-0.15, -0.1) is 0 Å². The second-order valence-corrected chi connectivity index (χ2v) is 20.1. The van der Waals surface area contributed by atoms with E-state index < -0.39 is 57.2 Å². The zero-order chi connectivity index (χ0) is 62.5. The molecule has 0 aromatic heterocycles. The maximum absolute atomic E-state index is 11.2. The quantitative estimate of drug-likeness (QED) is 0.0125. The van der Waals surface area contributed by atoms with E-state index in [1.54, 1.807) is 13.8 Å². The van der Waals surface area contributed by atoms with Crippen LogP contribution in [0.2, 0.25) is 0 Å². The van der Waals surface area contributed by atoms with Crippen LogP contribution < -0.4 is 5.32 Å². The summed E-state index contributed by atoms with van der Waals surface area (Å²) >= 11 is 0. The van der Waals surface area contributed by atoms with E-state index in [2.05, 4.69) is 68.1 Å². The SMILES string of the molecule is C=C(C)C(=O)OCCCCCCCC.C=C(C)C(=O)OCCCCCCCCCCCCCCCC.C=CC(=O)NC(C)(C)CS(=O)(=O)O.C=CC(=O)OCCC(=O)O.C=CC(=O)OCCCCCC(=O)O.C=CC(=O)OCCO. The van der Waals surface area contributed by atoms with E-state index in [0.29, 0.717) is 43.8 Å². The Morgan fingerprint density at radius 2 is 0.762 bits per heavy atom. The van der Waals surface area contributed by atoms with Crippen LogP contribution in [0, 0.1) is 0 Å². The van der Waals surface area contributed by atoms with E-state index in [4.69, 9.17) is 34.1 Å². The number of ether oxygens (including phenoxy) is 5. The molecule has 0 atom stereocenters. The molecule has 21 heteroatoms. The third kappa shape index (κ3) is 83.4. The average molecular weight is 1160 g/mol. The van der Waals surface area contributed by atoms with Crippen molar-refractivity contribution in [3.8, 4) is 0 Å². The molecule has 20 nitrogen and oxygen atoms in total. The number of rotatable bonds is 42. The first-order valence-electron chi connectivity index (χ1n) is 27.6. The predicted molar refractivity (Wildman–Crippen MR) is 313 cm³/mol. The second kappa shape index (κ2) is 62.3. The summed E-state index contributed by atoms with van der Waals surface area (Å²) in [5.74, 6) is -4.83. The van der Waals surface area contributed by atoms with Crippen LogP contribution in [0.5, 0.6) is 0 Å². The Labute approximate surface area is 479 Å². The largest absolute Gasteiger partial charge is 0.481 e. The lowest BCUT2D eigenvalue weighted by Gasteiger charge is -2.23. The van der Waals surface area contributed by atoms with E-state index in [-0.39, 0.29) is 44.6 Å². The van der Waals surface area contributed by atoms with Gasteiger partial charge in [0.25, 0.3) is 10.1 Å². The van der Waals surface area contributed by atoms with Crippen LogP contribution >= 0.6 is 0 Å². The Morgan fingerprint density at radius 1 is 0.463 bits per heavy atom. The van der Waals surface area contributed by atoms with E-state index in [9.17, 15) is 46.8 Å². The first-order valence-corrected chi connectivity index (χ1v) is 29.2.